The number of thioether (sulfide) groups is 2. The lowest BCUT2D eigenvalue weighted by molar-refractivity contribution is -0.138. The van der Waals surface area contributed by atoms with E-state index in [1.165, 1.54) is 34.4 Å². The SMILES string of the molecule is C=CC(=O)OCCCSc1ccc(C#Cc2ccc(-c3ccc(C#Cc4ccc(SCCCOC(=O)C=C)cc4)cc3C)c(C)c2)cc1. The fraction of sp³-hybridized carbons (Fsp3) is 0.190. The zero-order valence-corrected chi connectivity index (χ0v) is 29.0. The fourth-order valence-corrected chi connectivity index (χ4v) is 6.26. The number of ether oxygens (including phenoxy) is 2. The topological polar surface area (TPSA) is 52.6 Å². The van der Waals surface area contributed by atoms with Crippen LogP contribution in [0.3, 0.4) is 0 Å². The second-order valence-corrected chi connectivity index (χ2v) is 13.1. The van der Waals surface area contributed by atoms with Crippen molar-refractivity contribution in [2.45, 2.75) is 36.5 Å². The summed E-state index contributed by atoms with van der Waals surface area (Å²) in [6.45, 7) is 11.8. The molecule has 0 N–H and O–H groups in total. The minimum absolute atomic E-state index is 0.381. The van der Waals surface area contributed by atoms with Crippen molar-refractivity contribution in [3.63, 3.8) is 0 Å². The van der Waals surface area contributed by atoms with Gasteiger partial charge < -0.3 is 9.47 Å². The molecule has 48 heavy (non-hydrogen) atoms. The molecule has 0 fully saturated rings. The molecule has 4 nitrogen and oxygen atoms in total. The molecule has 0 unspecified atom stereocenters. The van der Waals surface area contributed by atoms with E-state index in [0.29, 0.717) is 13.2 Å². The van der Waals surface area contributed by atoms with Gasteiger partial charge >= 0.3 is 11.9 Å². The summed E-state index contributed by atoms with van der Waals surface area (Å²) in [5, 5.41) is 0. The molecule has 0 heterocycles. The van der Waals surface area contributed by atoms with Gasteiger partial charge in [0, 0.05) is 55.7 Å². The summed E-state index contributed by atoms with van der Waals surface area (Å²) in [6, 6.07) is 29.1. The second kappa shape index (κ2) is 19.1. The average Bonchev–Trinajstić information content (AvgIpc) is 3.10. The molecule has 6 heteroatoms. The van der Waals surface area contributed by atoms with Crippen LogP contribution in [-0.4, -0.2) is 36.7 Å². The number of carbonyl (C=O) groups is 2. The highest BCUT2D eigenvalue weighted by molar-refractivity contribution is 7.99. The third kappa shape index (κ3) is 11.7. The van der Waals surface area contributed by atoms with Crippen LogP contribution in [0.4, 0.5) is 0 Å². The largest absolute Gasteiger partial charge is 0.463 e. The van der Waals surface area contributed by atoms with E-state index in [1.54, 1.807) is 23.5 Å². The van der Waals surface area contributed by atoms with E-state index in [0.717, 1.165) is 56.4 Å². The second-order valence-electron chi connectivity index (χ2n) is 10.8. The zero-order valence-electron chi connectivity index (χ0n) is 27.3. The molecular formula is C42H38O4S2. The van der Waals surface area contributed by atoms with Crippen LogP contribution in [0.25, 0.3) is 11.1 Å². The van der Waals surface area contributed by atoms with Crippen molar-refractivity contribution in [2.24, 2.45) is 0 Å². The maximum atomic E-state index is 11.1. The maximum Gasteiger partial charge on any atom is 0.330 e. The highest BCUT2D eigenvalue weighted by Crippen LogP contribution is 2.28. The number of benzene rings is 4. The van der Waals surface area contributed by atoms with Gasteiger partial charge in [0.15, 0.2) is 0 Å². The molecule has 0 aliphatic heterocycles. The Morgan fingerprint density at radius 1 is 0.583 bits per heavy atom. The van der Waals surface area contributed by atoms with Crippen LogP contribution in [0, 0.1) is 37.5 Å². The van der Waals surface area contributed by atoms with E-state index in [2.05, 4.69) is 111 Å². The summed E-state index contributed by atoms with van der Waals surface area (Å²) < 4.78 is 10.0. The summed E-state index contributed by atoms with van der Waals surface area (Å²) in [7, 11) is 0. The van der Waals surface area contributed by atoms with Crippen molar-refractivity contribution in [2.75, 3.05) is 24.7 Å². The van der Waals surface area contributed by atoms with Gasteiger partial charge in [-0.3, -0.25) is 0 Å². The minimum atomic E-state index is -0.381. The lowest BCUT2D eigenvalue weighted by Gasteiger charge is -2.10. The molecule has 4 aromatic rings. The highest BCUT2D eigenvalue weighted by Gasteiger charge is 2.07. The lowest BCUT2D eigenvalue weighted by Crippen LogP contribution is -2.02. The molecule has 0 bridgehead atoms. The number of hydrogen-bond acceptors (Lipinski definition) is 6. The van der Waals surface area contributed by atoms with E-state index in [1.807, 2.05) is 24.3 Å². The number of rotatable bonds is 13. The first kappa shape index (κ1) is 36.0. The Bertz CT molecular complexity index is 1730. The Hall–Kier alpha value is -4.88. The van der Waals surface area contributed by atoms with Gasteiger partial charge in [-0.15, -0.1) is 23.5 Å². The fourth-order valence-electron chi connectivity index (χ4n) is 4.61. The van der Waals surface area contributed by atoms with E-state index >= 15 is 0 Å². The predicted molar refractivity (Wildman–Crippen MR) is 199 cm³/mol. The monoisotopic (exact) mass is 670 g/mol. The van der Waals surface area contributed by atoms with Crippen molar-refractivity contribution in [3.05, 3.63) is 144 Å². The smallest absolute Gasteiger partial charge is 0.330 e. The van der Waals surface area contributed by atoms with E-state index in [4.69, 9.17) is 9.47 Å². The molecular weight excluding hydrogens is 633 g/mol. The van der Waals surface area contributed by atoms with Crippen molar-refractivity contribution in [1.82, 2.24) is 0 Å². The van der Waals surface area contributed by atoms with Crippen molar-refractivity contribution < 1.29 is 19.1 Å². The van der Waals surface area contributed by atoms with E-state index < -0.39 is 0 Å². The van der Waals surface area contributed by atoms with Crippen LogP contribution < -0.4 is 0 Å². The van der Waals surface area contributed by atoms with Gasteiger partial charge in [-0.05, 0) is 122 Å². The number of esters is 2. The summed E-state index contributed by atoms with van der Waals surface area (Å²) in [6.07, 6.45) is 3.94. The lowest BCUT2D eigenvalue weighted by atomic mass is 9.94. The van der Waals surface area contributed by atoms with E-state index in [-0.39, 0.29) is 11.9 Å². The Balaban J connectivity index is 1.30. The molecule has 0 aromatic heterocycles. The van der Waals surface area contributed by atoms with Crippen LogP contribution in [0.15, 0.2) is 120 Å². The molecule has 0 atom stereocenters. The van der Waals surface area contributed by atoms with Gasteiger partial charge in [-0.25, -0.2) is 9.59 Å². The predicted octanol–water partition coefficient (Wildman–Crippen LogP) is 9.19. The first-order valence-electron chi connectivity index (χ1n) is 15.6. The van der Waals surface area contributed by atoms with Crippen LogP contribution in [0.2, 0.25) is 0 Å². The number of carbonyl (C=O) groups excluding carboxylic acids is 2. The van der Waals surface area contributed by atoms with Gasteiger partial charge in [0.1, 0.15) is 0 Å². The Morgan fingerprint density at radius 2 is 0.938 bits per heavy atom. The Labute approximate surface area is 293 Å². The van der Waals surface area contributed by atoms with E-state index in [9.17, 15) is 9.59 Å². The van der Waals surface area contributed by atoms with Crippen LogP contribution >= 0.6 is 23.5 Å². The molecule has 0 radical (unpaired) electrons. The highest BCUT2D eigenvalue weighted by atomic mass is 32.2. The molecule has 242 valence electrons. The van der Waals surface area contributed by atoms with Crippen LogP contribution in [0.1, 0.15) is 46.2 Å². The van der Waals surface area contributed by atoms with Gasteiger partial charge in [-0.2, -0.15) is 0 Å². The van der Waals surface area contributed by atoms with Crippen molar-refractivity contribution in [3.8, 4) is 34.8 Å². The van der Waals surface area contributed by atoms with Gasteiger partial charge in [-0.1, -0.05) is 49.0 Å². The maximum absolute atomic E-state index is 11.1. The summed E-state index contributed by atoms with van der Waals surface area (Å²) in [5.41, 5.74) is 8.59. The minimum Gasteiger partial charge on any atom is -0.463 e. The molecule has 0 saturated heterocycles. The molecule has 0 saturated carbocycles. The number of aryl methyl sites for hydroxylation is 2. The third-order valence-electron chi connectivity index (χ3n) is 7.09. The molecule has 0 aliphatic carbocycles. The van der Waals surface area contributed by atoms with Crippen LogP contribution in [-0.2, 0) is 19.1 Å². The normalized spacial score (nSPS) is 10.1. The molecule has 0 aliphatic rings. The first-order chi connectivity index (χ1) is 23.3. The standard InChI is InChI=1S/C42H38O4S2/c1-5-41(43)45-25-7-27-47-37-19-13-33(14-20-37)9-11-35-17-23-39(31(3)29-35)40-24-18-36(30-32(40)4)12-10-34-15-21-38(22-16-34)48-28-8-26-46-42(44)6-2/h5-6,13-24,29-30H,1-2,7-8,25-28H2,3-4H3. The van der Waals surface area contributed by atoms with Crippen LogP contribution in [0.5, 0.6) is 0 Å². The molecule has 0 spiro atoms. The average molecular weight is 671 g/mol. The van der Waals surface area contributed by atoms with Crippen molar-refractivity contribution in [1.29, 1.82) is 0 Å². The van der Waals surface area contributed by atoms with Gasteiger partial charge in [0.05, 0.1) is 13.2 Å². The van der Waals surface area contributed by atoms with Crippen molar-refractivity contribution >= 4 is 35.5 Å². The summed E-state index contributed by atoms with van der Waals surface area (Å²) >= 11 is 3.45. The quantitative estimate of drug-likeness (QED) is 0.0465. The Morgan fingerprint density at radius 3 is 1.29 bits per heavy atom. The molecule has 0 amide bonds. The summed E-state index contributed by atoms with van der Waals surface area (Å²) in [5.74, 6) is 14.1. The number of hydrogen-bond donors (Lipinski definition) is 0. The summed E-state index contributed by atoms with van der Waals surface area (Å²) in [4.78, 5) is 24.5. The van der Waals surface area contributed by atoms with Gasteiger partial charge in [0.2, 0.25) is 0 Å². The third-order valence-corrected chi connectivity index (χ3v) is 9.29. The molecule has 4 rings (SSSR count). The van der Waals surface area contributed by atoms with Gasteiger partial charge in [0.25, 0.3) is 0 Å². The molecule has 4 aromatic carbocycles. The zero-order chi connectivity index (χ0) is 34.1. The first-order valence-corrected chi connectivity index (χ1v) is 17.6. The Kier molecular flexibility index (Phi) is 14.3.